The quantitative estimate of drug-likeness (QED) is 0.753. The Kier molecular flexibility index (Phi) is 3.82. The number of rotatable bonds is 3. The van der Waals surface area contributed by atoms with Gasteiger partial charge in [0.1, 0.15) is 5.75 Å². The summed E-state index contributed by atoms with van der Waals surface area (Å²) in [5, 5.41) is 1.37. The summed E-state index contributed by atoms with van der Waals surface area (Å²) in [5.41, 5.74) is 2.05. The van der Waals surface area contributed by atoms with E-state index in [0.717, 1.165) is 16.5 Å². The minimum absolute atomic E-state index is 0.619. The number of hydrogen-bond donors (Lipinski definition) is 0. The Morgan fingerprint density at radius 3 is 2.85 bits per heavy atom. The van der Waals surface area contributed by atoms with Gasteiger partial charge >= 0.3 is 0 Å². The number of hydrogen-bond acceptors (Lipinski definition) is 1. The fraction of sp³-hybridized carbons (Fsp3) is 0.200. The zero-order valence-corrected chi connectivity index (χ0v) is 9.65. The number of alkyl halides is 1. The minimum Gasteiger partial charge on any atom is -0.495 e. The molecule has 0 heterocycles. The van der Waals surface area contributed by atoms with E-state index in [1.54, 1.807) is 7.11 Å². The van der Waals surface area contributed by atoms with Gasteiger partial charge in [-0.25, -0.2) is 0 Å². The van der Waals surface area contributed by atoms with E-state index >= 15 is 0 Å². The average Bonchev–Trinajstić information content (AvgIpc) is 2.17. The summed E-state index contributed by atoms with van der Waals surface area (Å²) < 4.78 is 5.09. The highest BCUT2D eigenvalue weighted by atomic mass is 79.9. The van der Waals surface area contributed by atoms with Gasteiger partial charge < -0.3 is 4.74 Å². The maximum absolute atomic E-state index is 5.88. The molecule has 0 amide bonds. The molecule has 0 aliphatic heterocycles. The molecule has 0 saturated carbocycles. The summed E-state index contributed by atoms with van der Waals surface area (Å²) in [6, 6.07) is 5.62. The summed E-state index contributed by atoms with van der Waals surface area (Å²) in [7, 11) is 1.60. The lowest BCUT2D eigenvalue weighted by Crippen LogP contribution is -1.88. The van der Waals surface area contributed by atoms with Crippen molar-refractivity contribution in [1.29, 1.82) is 0 Å². The van der Waals surface area contributed by atoms with Crippen molar-refractivity contribution >= 4 is 33.1 Å². The van der Waals surface area contributed by atoms with Gasteiger partial charge in [0.15, 0.2) is 0 Å². The molecule has 1 nitrogen and oxygen atoms in total. The molecule has 0 unspecified atom stereocenters. The zero-order chi connectivity index (χ0) is 9.84. The van der Waals surface area contributed by atoms with E-state index in [1.165, 1.54) is 0 Å². The Morgan fingerprint density at radius 2 is 2.31 bits per heavy atom. The molecular weight excluding hydrogens is 251 g/mol. The molecule has 0 saturated heterocycles. The van der Waals surface area contributed by atoms with Gasteiger partial charge in [0, 0.05) is 5.33 Å². The van der Waals surface area contributed by atoms with Crippen molar-refractivity contribution in [2.75, 3.05) is 12.4 Å². The first-order valence-corrected chi connectivity index (χ1v) is 5.26. The Balaban J connectivity index is 3.06. The topological polar surface area (TPSA) is 9.23 Å². The molecule has 3 heteroatoms. The second-order valence-electron chi connectivity index (χ2n) is 2.59. The smallest absolute Gasteiger partial charge is 0.138 e. The van der Waals surface area contributed by atoms with E-state index in [0.29, 0.717) is 10.8 Å². The fourth-order valence-electron chi connectivity index (χ4n) is 0.957. The molecule has 13 heavy (non-hydrogen) atoms. The van der Waals surface area contributed by atoms with Crippen molar-refractivity contribution in [3.05, 3.63) is 35.4 Å². The summed E-state index contributed by atoms with van der Waals surface area (Å²) in [5.74, 6) is 0.682. The van der Waals surface area contributed by atoms with Gasteiger partial charge in [-0.05, 0) is 23.3 Å². The highest BCUT2D eigenvalue weighted by Crippen LogP contribution is 2.28. The third-order valence-electron chi connectivity index (χ3n) is 1.72. The van der Waals surface area contributed by atoms with Crippen LogP contribution in [0.3, 0.4) is 0 Å². The van der Waals surface area contributed by atoms with E-state index in [9.17, 15) is 0 Å². The first-order chi connectivity index (χ1) is 6.19. The number of methoxy groups -OCH3 is 1. The van der Waals surface area contributed by atoms with Gasteiger partial charge in [0.25, 0.3) is 0 Å². The molecule has 0 spiro atoms. The minimum atomic E-state index is 0.619. The SMILES string of the molecule is C=C(CBr)c1ccc(Cl)c(OC)c1. The number of allylic oxidation sites excluding steroid dienone is 1. The first kappa shape index (κ1) is 10.6. The zero-order valence-electron chi connectivity index (χ0n) is 7.31. The lowest BCUT2D eigenvalue weighted by atomic mass is 10.1. The van der Waals surface area contributed by atoms with Gasteiger partial charge in [-0.2, -0.15) is 0 Å². The normalized spacial score (nSPS) is 9.77. The van der Waals surface area contributed by atoms with Crippen molar-refractivity contribution in [1.82, 2.24) is 0 Å². The van der Waals surface area contributed by atoms with Crippen LogP contribution < -0.4 is 4.74 Å². The summed E-state index contributed by atoms with van der Waals surface area (Å²) in [6.45, 7) is 3.90. The first-order valence-electron chi connectivity index (χ1n) is 3.76. The van der Waals surface area contributed by atoms with Crippen LogP contribution in [0.15, 0.2) is 24.8 Å². The van der Waals surface area contributed by atoms with Crippen LogP contribution in [0.5, 0.6) is 5.75 Å². The van der Waals surface area contributed by atoms with Gasteiger partial charge in [0.2, 0.25) is 0 Å². The maximum Gasteiger partial charge on any atom is 0.138 e. The van der Waals surface area contributed by atoms with Gasteiger partial charge in [-0.3, -0.25) is 0 Å². The van der Waals surface area contributed by atoms with E-state index in [2.05, 4.69) is 22.5 Å². The van der Waals surface area contributed by atoms with Crippen LogP contribution in [0, 0.1) is 0 Å². The molecule has 0 radical (unpaired) electrons. The number of halogens is 2. The van der Waals surface area contributed by atoms with E-state index in [4.69, 9.17) is 16.3 Å². The van der Waals surface area contributed by atoms with Crippen molar-refractivity contribution in [2.45, 2.75) is 0 Å². The van der Waals surface area contributed by atoms with Crippen LogP contribution in [0.25, 0.3) is 5.57 Å². The predicted octanol–water partition coefficient (Wildman–Crippen LogP) is 3.76. The molecule has 0 N–H and O–H groups in total. The van der Waals surface area contributed by atoms with Gasteiger partial charge in [-0.15, -0.1) is 0 Å². The van der Waals surface area contributed by atoms with Crippen LogP contribution in [-0.2, 0) is 0 Å². The van der Waals surface area contributed by atoms with Crippen molar-refractivity contribution in [2.24, 2.45) is 0 Å². The van der Waals surface area contributed by atoms with E-state index in [1.807, 2.05) is 18.2 Å². The van der Waals surface area contributed by atoms with Crippen LogP contribution in [-0.4, -0.2) is 12.4 Å². The van der Waals surface area contributed by atoms with Crippen LogP contribution >= 0.6 is 27.5 Å². The summed E-state index contributed by atoms with van der Waals surface area (Å²) >= 11 is 9.22. The second kappa shape index (κ2) is 4.68. The Hall–Kier alpha value is -0.470. The molecule has 70 valence electrons. The largest absolute Gasteiger partial charge is 0.495 e. The predicted molar refractivity (Wildman–Crippen MR) is 60.8 cm³/mol. The molecule has 1 aromatic carbocycles. The van der Waals surface area contributed by atoms with Crippen molar-refractivity contribution in [3.63, 3.8) is 0 Å². The van der Waals surface area contributed by atoms with Crippen molar-refractivity contribution in [3.8, 4) is 5.75 Å². The Morgan fingerprint density at radius 1 is 1.62 bits per heavy atom. The fourth-order valence-corrected chi connectivity index (χ4v) is 1.48. The van der Waals surface area contributed by atoms with Crippen LogP contribution in [0.4, 0.5) is 0 Å². The third-order valence-corrected chi connectivity index (χ3v) is 2.71. The maximum atomic E-state index is 5.88. The average molecular weight is 262 g/mol. The molecular formula is C10H10BrClO. The monoisotopic (exact) mass is 260 g/mol. The number of ether oxygens (including phenoxy) is 1. The second-order valence-corrected chi connectivity index (χ2v) is 3.55. The van der Waals surface area contributed by atoms with Crippen molar-refractivity contribution < 1.29 is 4.74 Å². The highest BCUT2D eigenvalue weighted by molar-refractivity contribution is 9.09. The molecule has 1 rings (SSSR count). The summed E-state index contributed by atoms with van der Waals surface area (Å²) in [6.07, 6.45) is 0. The Bertz CT molecular complexity index is 323. The lowest BCUT2D eigenvalue weighted by molar-refractivity contribution is 0.415. The number of benzene rings is 1. The van der Waals surface area contributed by atoms with Gasteiger partial charge in [-0.1, -0.05) is 40.2 Å². The third kappa shape index (κ3) is 2.48. The highest BCUT2D eigenvalue weighted by Gasteiger charge is 2.03. The molecule has 0 bridgehead atoms. The molecule has 0 fully saturated rings. The van der Waals surface area contributed by atoms with Crippen LogP contribution in [0.2, 0.25) is 5.02 Å². The molecule has 0 atom stereocenters. The standard InChI is InChI=1S/C10H10BrClO/c1-7(6-11)8-3-4-9(12)10(5-8)13-2/h3-5H,1,6H2,2H3. The molecule has 1 aromatic rings. The molecule has 0 aliphatic carbocycles. The van der Waals surface area contributed by atoms with E-state index in [-0.39, 0.29) is 0 Å². The Labute approximate surface area is 91.5 Å². The lowest BCUT2D eigenvalue weighted by Gasteiger charge is -2.06. The molecule has 0 aromatic heterocycles. The van der Waals surface area contributed by atoms with E-state index < -0.39 is 0 Å². The van der Waals surface area contributed by atoms with Gasteiger partial charge in [0.05, 0.1) is 12.1 Å². The molecule has 0 aliphatic rings. The van der Waals surface area contributed by atoms with Crippen LogP contribution in [0.1, 0.15) is 5.56 Å². The summed E-state index contributed by atoms with van der Waals surface area (Å²) in [4.78, 5) is 0.